The molecule has 3 nitrogen and oxygen atoms in total. The number of likely N-dealkylation sites (tertiary alicyclic amines) is 1. The second kappa shape index (κ2) is 3.48. The third-order valence-electron chi connectivity index (χ3n) is 4.41. The first-order valence-corrected chi connectivity index (χ1v) is 6.16. The highest BCUT2D eigenvalue weighted by molar-refractivity contribution is 5.79. The summed E-state index contributed by atoms with van der Waals surface area (Å²) in [6.45, 7) is 3.80. The van der Waals surface area contributed by atoms with Crippen LogP contribution < -0.4 is 0 Å². The van der Waals surface area contributed by atoms with Crippen molar-refractivity contribution in [1.29, 1.82) is 0 Å². The van der Waals surface area contributed by atoms with Gasteiger partial charge in [-0.2, -0.15) is 0 Å². The fourth-order valence-electron chi connectivity index (χ4n) is 2.79. The maximum Gasteiger partial charge on any atom is 0.225 e. The quantitative estimate of drug-likeness (QED) is 0.653. The van der Waals surface area contributed by atoms with E-state index in [9.17, 15) is 4.79 Å². The van der Waals surface area contributed by atoms with Gasteiger partial charge in [0.25, 0.3) is 0 Å². The number of piperidine rings is 1. The van der Waals surface area contributed by atoms with E-state index in [1.807, 2.05) is 0 Å². The molecule has 3 aliphatic rings. The molecule has 3 fully saturated rings. The molecule has 0 aromatic heterocycles. The molecule has 1 aliphatic carbocycles. The van der Waals surface area contributed by atoms with Crippen molar-refractivity contribution in [3.05, 3.63) is 0 Å². The minimum atomic E-state index is 0.372. The van der Waals surface area contributed by atoms with E-state index < -0.39 is 0 Å². The second-order valence-electron chi connectivity index (χ2n) is 5.45. The van der Waals surface area contributed by atoms with Crippen LogP contribution in [0.15, 0.2) is 0 Å². The first-order chi connectivity index (χ1) is 7.29. The van der Waals surface area contributed by atoms with Crippen LogP contribution in [0.2, 0.25) is 0 Å². The van der Waals surface area contributed by atoms with Gasteiger partial charge in [0.1, 0.15) is 0 Å². The Morgan fingerprint density at radius 1 is 1.20 bits per heavy atom. The summed E-state index contributed by atoms with van der Waals surface area (Å²) >= 11 is 0. The molecule has 2 saturated heterocycles. The molecule has 0 atom stereocenters. The van der Waals surface area contributed by atoms with Gasteiger partial charge in [0.05, 0.1) is 13.2 Å². The molecule has 1 spiro atoms. The van der Waals surface area contributed by atoms with E-state index in [1.165, 1.54) is 6.42 Å². The zero-order valence-electron chi connectivity index (χ0n) is 9.21. The number of hydrogen-bond donors (Lipinski definition) is 0. The Kier molecular flexibility index (Phi) is 2.23. The molecule has 1 saturated carbocycles. The van der Waals surface area contributed by atoms with Crippen LogP contribution in [0.25, 0.3) is 0 Å². The third-order valence-corrected chi connectivity index (χ3v) is 4.41. The van der Waals surface area contributed by atoms with Crippen molar-refractivity contribution in [2.24, 2.45) is 11.3 Å². The zero-order valence-corrected chi connectivity index (χ0v) is 9.21. The molecule has 1 amide bonds. The van der Waals surface area contributed by atoms with Crippen LogP contribution in [0.1, 0.15) is 32.1 Å². The molecular formula is C12H19NO2. The van der Waals surface area contributed by atoms with E-state index in [0.717, 1.165) is 52.0 Å². The first kappa shape index (κ1) is 9.64. The molecule has 15 heavy (non-hydrogen) atoms. The number of ether oxygens (including phenoxy) is 1. The summed E-state index contributed by atoms with van der Waals surface area (Å²) in [5.41, 5.74) is 0.455. The van der Waals surface area contributed by atoms with Crippen molar-refractivity contribution in [2.45, 2.75) is 32.1 Å². The molecule has 0 aromatic carbocycles. The summed E-state index contributed by atoms with van der Waals surface area (Å²) in [7, 11) is 0. The predicted molar refractivity (Wildman–Crippen MR) is 56.4 cm³/mol. The Bertz CT molecular complexity index is 259. The Labute approximate surface area is 90.8 Å². The van der Waals surface area contributed by atoms with E-state index in [-0.39, 0.29) is 0 Å². The standard InChI is InChI=1S/C12H19NO2/c14-11(10-2-1-3-10)13-6-4-12(5-7-13)8-15-9-12/h10H,1-9H2. The molecule has 84 valence electrons. The summed E-state index contributed by atoms with van der Waals surface area (Å²) in [4.78, 5) is 14.1. The van der Waals surface area contributed by atoms with Gasteiger partial charge in [0, 0.05) is 24.4 Å². The average Bonchev–Trinajstić information content (AvgIpc) is 2.13. The molecule has 0 unspecified atom stereocenters. The van der Waals surface area contributed by atoms with Gasteiger partial charge in [0.2, 0.25) is 5.91 Å². The topological polar surface area (TPSA) is 29.5 Å². The molecule has 2 aliphatic heterocycles. The van der Waals surface area contributed by atoms with Crippen LogP contribution in [-0.4, -0.2) is 37.1 Å². The maximum atomic E-state index is 12.0. The Morgan fingerprint density at radius 2 is 1.87 bits per heavy atom. The van der Waals surface area contributed by atoms with E-state index in [1.54, 1.807) is 0 Å². The number of rotatable bonds is 1. The fourth-order valence-corrected chi connectivity index (χ4v) is 2.79. The highest BCUT2D eigenvalue weighted by Gasteiger charge is 2.43. The lowest BCUT2D eigenvalue weighted by Gasteiger charge is -2.48. The molecule has 0 N–H and O–H groups in total. The highest BCUT2D eigenvalue weighted by Crippen LogP contribution is 2.39. The normalized spacial score (nSPS) is 29.7. The van der Waals surface area contributed by atoms with Gasteiger partial charge >= 0.3 is 0 Å². The number of amides is 1. The highest BCUT2D eigenvalue weighted by atomic mass is 16.5. The van der Waals surface area contributed by atoms with Crippen molar-refractivity contribution in [3.8, 4) is 0 Å². The van der Waals surface area contributed by atoms with E-state index >= 15 is 0 Å². The summed E-state index contributed by atoms with van der Waals surface area (Å²) in [5.74, 6) is 0.799. The second-order valence-corrected chi connectivity index (χ2v) is 5.45. The van der Waals surface area contributed by atoms with Gasteiger partial charge in [0.15, 0.2) is 0 Å². The van der Waals surface area contributed by atoms with Crippen molar-refractivity contribution < 1.29 is 9.53 Å². The summed E-state index contributed by atoms with van der Waals surface area (Å²) < 4.78 is 5.29. The minimum absolute atomic E-state index is 0.372. The van der Waals surface area contributed by atoms with Crippen LogP contribution in [0.5, 0.6) is 0 Å². The molecule has 3 heteroatoms. The predicted octanol–water partition coefficient (Wildman–Crippen LogP) is 1.43. The van der Waals surface area contributed by atoms with Crippen LogP contribution in [-0.2, 0) is 9.53 Å². The maximum absolute atomic E-state index is 12.0. The van der Waals surface area contributed by atoms with E-state index in [0.29, 0.717) is 17.2 Å². The summed E-state index contributed by atoms with van der Waals surface area (Å²) in [6, 6.07) is 0. The Morgan fingerprint density at radius 3 is 2.27 bits per heavy atom. The lowest BCUT2D eigenvalue weighted by atomic mass is 9.76. The number of nitrogens with zero attached hydrogens (tertiary/aromatic N) is 1. The molecule has 0 radical (unpaired) electrons. The Hall–Kier alpha value is -0.570. The van der Waals surface area contributed by atoms with Gasteiger partial charge in [-0.25, -0.2) is 0 Å². The first-order valence-electron chi connectivity index (χ1n) is 6.16. The minimum Gasteiger partial charge on any atom is -0.380 e. The van der Waals surface area contributed by atoms with Crippen LogP contribution >= 0.6 is 0 Å². The van der Waals surface area contributed by atoms with E-state index in [4.69, 9.17) is 4.74 Å². The summed E-state index contributed by atoms with van der Waals surface area (Å²) in [6.07, 6.45) is 5.83. The fraction of sp³-hybridized carbons (Fsp3) is 0.917. The zero-order chi connectivity index (χ0) is 10.3. The van der Waals surface area contributed by atoms with E-state index in [2.05, 4.69) is 4.90 Å². The number of carbonyl (C=O) groups is 1. The SMILES string of the molecule is O=C(C1CCC1)N1CCC2(CC1)COC2. The Balaban J connectivity index is 1.54. The molecule has 0 aromatic rings. The molecule has 3 rings (SSSR count). The van der Waals surface area contributed by atoms with Crippen LogP contribution in [0, 0.1) is 11.3 Å². The average molecular weight is 209 g/mol. The monoisotopic (exact) mass is 209 g/mol. The third kappa shape index (κ3) is 1.57. The van der Waals surface area contributed by atoms with Crippen LogP contribution in [0.4, 0.5) is 0 Å². The molecule has 2 heterocycles. The van der Waals surface area contributed by atoms with Crippen molar-refractivity contribution >= 4 is 5.91 Å². The largest absolute Gasteiger partial charge is 0.380 e. The van der Waals surface area contributed by atoms with Gasteiger partial charge in [-0.15, -0.1) is 0 Å². The molecular weight excluding hydrogens is 190 g/mol. The van der Waals surface area contributed by atoms with Crippen molar-refractivity contribution in [2.75, 3.05) is 26.3 Å². The number of hydrogen-bond acceptors (Lipinski definition) is 2. The van der Waals surface area contributed by atoms with Crippen LogP contribution in [0.3, 0.4) is 0 Å². The van der Waals surface area contributed by atoms with Crippen molar-refractivity contribution in [1.82, 2.24) is 4.90 Å². The van der Waals surface area contributed by atoms with Gasteiger partial charge in [-0.1, -0.05) is 6.42 Å². The van der Waals surface area contributed by atoms with Crippen molar-refractivity contribution in [3.63, 3.8) is 0 Å². The number of carbonyl (C=O) groups excluding carboxylic acids is 1. The lowest BCUT2D eigenvalue weighted by molar-refractivity contribution is -0.157. The van der Waals surface area contributed by atoms with Gasteiger partial charge in [-0.3, -0.25) is 4.79 Å². The van der Waals surface area contributed by atoms with Gasteiger partial charge in [-0.05, 0) is 25.7 Å². The summed E-state index contributed by atoms with van der Waals surface area (Å²) in [5, 5.41) is 0. The smallest absolute Gasteiger partial charge is 0.225 e. The van der Waals surface area contributed by atoms with Gasteiger partial charge < -0.3 is 9.64 Å². The molecule has 0 bridgehead atoms. The lowest BCUT2D eigenvalue weighted by Crippen LogP contribution is -2.53.